The molecule has 0 fully saturated rings. The van der Waals surface area contributed by atoms with Gasteiger partial charge in [-0.25, -0.2) is 0 Å². The van der Waals surface area contributed by atoms with Crippen molar-refractivity contribution >= 4 is 70.2 Å². The molecule has 0 saturated carbocycles. The summed E-state index contributed by atoms with van der Waals surface area (Å²) >= 11 is 0. The molecule has 0 heteroatoms. The van der Waals surface area contributed by atoms with Crippen LogP contribution < -0.4 is 0 Å². The van der Waals surface area contributed by atoms with Gasteiger partial charge in [0.15, 0.2) is 0 Å². The lowest BCUT2D eigenvalue weighted by Gasteiger charge is -2.32. The molecule has 282 valence electrons. The summed E-state index contributed by atoms with van der Waals surface area (Å²) in [7, 11) is 0. The van der Waals surface area contributed by atoms with E-state index in [0.29, 0.717) is 0 Å². The Morgan fingerprint density at radius 3 is 1.30 bits per heavy atom. The van der Waals surface area contributed by atoms with E-state index >= 15 is 0 Å². The highest BCUT2D eigenvalue weighted by molar-refractivity contribution is 6.24. The van der Waals surface area contributed by atoms with Crippen LogP contribution in [0.4, 0.5) is 0 Å². The topological polar surface area (TPSA) is 0 Å². The first-order chi connectivity index (χ1) is 30.1. The van der Waals surface area contributed by atoms with Crippen molar-refractivity contribution < 1.29 is 0 Å². The quantitative estimate of drug-likeness (QED) is 0.156. The Morgan fingerprint density at radius 2 is 0.754 bits per heavy atom. The number of allylic oxidation sites excluding steroid dienone is 4. The van der Waals surface area contributed by atoms with Gasteiger partial charge in [-0.1, -0.05) is 171 Å². The van der Waals surface area contributed by atoms with Gasteiger partial charge in [-0.3, -0.25) is 0 Å². The van der Waals surface area contributed by atoms with Crippen LogP contribution in [0, 0.1) is 0 Å². The van der Waals surface area contributed by atoms with E-state index in [-0.39, 0.29) is 0 Å². The molecule has 11 aromatic rings. The van der Waals surface area contributed by atoms with E-state index < -0.39 is 5.41 Å². The van der Waals surface area contributed by atoms with E-state index in [1.54, 1.807) is 0 Å². The fourth-order valence-corrected chi connectivity index (χ4v) is 11.4. The van der Waals surface area contributed by atoms with Gasteiger partial charge in [0, 0.05) is 0 Å². The number of hydrogen-bond donors (Lipinski definition) is 0. The van der Waals surface area contributed by atoms with Crippen LogP contribution in [0.2, 0.25) is 0 Å². The second-order valence-corrected chi connectivity index (χ2v) is 16.8. The Hall–Kier alpha value is -7.80. The standard InChI is InChI=1S/C61H38/c1-3-47-48-19-11-13-23-56(48)61(55(47)4-2)57-24-14-12-20-49(57)52-35-53-54(36-58(52)61)60(44-28-26-42-30-38-16-6-8-18-40(38)32-46(42)34-44)51-22-10-9-21-50(51)59(53)43-27-25-41-29-37-15-5-7-17-39(37)31-45(41)33-43/h3-36H,1-2H2. The Morgan fingerprint density at radius 1 is 0.311 bits per heavy atom. The molecular formula is C61H38. The Bertz CT molecular complexity index is 3800. The van der Waals surface area contributed by atoms with Crippen LogP contribution >= 0.6 is 0 Å². The van der Waals surface area contributed by atoms with Gasteiger partial charge in [0.25, 0.3) is 0 Å². The van der Waals surface area contributed by atoms with Crippen molar-refractivity contribution in [3.05, 3.63) is 247 Å². The average molecular weight is 771 g/mol. The van der Waals surface area contributed by atoms with E-state index in [2.05, 4.69) is 213 Å². The number of fused-ring (bicyclic) bond motifs is 13. The van der Waals surface area contributed by atoms with Crippen molar-refractivity contribution in [3.8, 4) is 33.4 Å². The molecule has 0 nitrogen and oxygen atoms in total. The fourth-order valence-electron chi connectivity index (χ4n) is 11.4. The average Bonchev–Trinajstić information content (AvgIpc) is 3.76. The summed E-state index contributed by atoms with van der Waals surface area (Å²) in [6, 6.07) is 72.9. The van der Waals surface area contributed by atoms with Crippen molar-refractivity contribution in [1.29, 1.82) is 0 Å². The van der Waals surface area contributed by atoms with Crippen LogP contribution in [0.1, 0.15) is 22.3 Å². The van der Waals surface area contributed by atoms with Crippen LogP contribution in [0.15, 0.2) is 225 Å². The summed E-state index contributed by atoms with van der Waals surface area (Å²) in [5.41, 5.74) is 14.4. The van der Waals surface area contributed by atoms with E-state index in [0.717, 1.165) is 5.57 Å². The summed E-state index contributed by atoms with van der Waals surface area (Å²) in [4.78, 5) is 0. The van der Waals surface area contributed by atoms with Crippen LogP contribution in [0.5, 0.6) is 0 Å². The second kappa shape index (κ2) is 12.6. The maximum atomic E-state index is 4.50. The molecule has 11 aromatic carbocycles. The van der Waals surface area contributed by atoms with E-state index in [4.69, 9.17) is 0 Å². The summed E-state index contributed by atoms with van der Waals surface area (Å²) in [6.45, 7) is 8.87. The lowest BCUT2D eigenvalue weighted by Crippen LogP contribution is -2.26. The molecule has 1 atom stereocenters. The number of rotatable bonds is 4. The van der Waals surface area contributed by atoms with Gasteiger partial charge >= 0.3 is 0 Å². The van der Waals surface area contributed by atoms with E-state index in [1.807, 2.05) is 6.08 Å². The maximum absolute atomic E-state index is 4.50. The van der Waals surface area contributed by atoms with Gasteiger partial charge in [-0.15, -0.1) is 0 Å². The van der Waals surface area contributed by atoms with Crippen LogP contribution in [0.3, 0.4) is 0 Å². The number of benzene rings is 11. The normalized spacial score (nSPS) is 15.3. The molecule has 0 N–H and O–H groups in total. The smallest absolute Gasteiger partial charge is 0.0725 e. The highest BCUT2D eigenvalue weighted by Gasteiger charge is 2.52. The molecule has 0 aromatic heterocycles. The molecule has 0 bridgehead atoms. The molecule has 61 heavy (non-hydrogen) atoms. The molecule has 0 aliphatic heterocycles. The maximum Gasteiger partial charge on any atom is 0.0725 e. The summed E-state index contributed by atoms with van der Waals surface area (Å²) in [5.74, 6) is 0. The largest absolute Gasteiger partial charge is 0.0987 e. The van der Waals surface area contributed by atoms with E-state index in [1.165, 1.54) is 126 Å². The molecular weight excluding hydrogens is 733 g/mol. The number of hydrogen-bond acceptors (Lipinski definition) is 0. The minimum Gasteiger partial charge on any atom is -0.0987 e. The van der Waals surface area contributed by atoms with Crippen LogP contribution in [-0.4, -0.2) is 0 Å². The first kappa shape index (κ1) is 34.1. The van der Waals surface area contributed by atoms with Crippen molar-refractivity contribution in [1.82, 2.24) is 0 Å². The molecule has 13 rings (SSSR count). The minimum atomic E-state index is -0.544. The Kier molecular flexibility index (Phi) is 7.05. The fraction of sp³-hybridized carbons (Fsp3) is 0.0164. The summed E-state index contributed by atoms with van der Waals surface area (Å²) in [5, 5.41) is 15.0. The van der Waals surface area contributed by atoms with Gasteiger partial charge in [0.2, 0.25) is 0 Å². The lowest BCUT2D eigenvalue weighted by molar-refractivity contribution is 0.788. The summed E-state index contributed by atoms with van der Waals surface area (Å²) < 4.78 is 0. The van der Waals surface area contributed by atoms with Gasteiger partial charge in [0.1, 0.15) is 0 Å². The van der Waals surface area contributed by atoms with Crippen molar-refractivity contribution in [2.45, 2.75) is 5.41 Å². The second-order valence-electron chi connectivity index (χ2n) is 16.8. The van der Waals surface area contributed by atoms with Crippen LogP contribution in [-0.2, 0) is 5.41 Å². The van der Waals surface area contributed by atoms with Gasteiger partial charge < -0.3 is 0 Å². The molecule has 0 saturated heterocycles. The Labute approximate surface area is 354 Å². The molecule has 2 aliphatic rings. The first-order valence-electron chi connectivity index (χ1n) is 21.2. The predicted octanol–water partition coefficient (Wildman–Crippen LogP) is 16.4. The van der Waals surface area contributed by atoms with Crippen molar-refractivity contribution in [3.63, 3.8) is 0 Å². The SMILES string of the molecule is C=CC1=C(C=C)C2(c3ccccc31)c1ccccc1-c1cc3c(-c4ccc5cc6ccccc6cc5c4)c4ccccc4c(-c4ccc5cc6ccccc6cc5c4)c3cc12. The highest BCUT2D eigenvalue weighted by atomic mass is 14.5. The zero-order valence-corrected chi connectivity index (χ0v) is 33.5. The third kappa shape index (κ3) is 4.59. The molecule has 1 unspecified atom stereocenters. The van der Waals surface area contributed by atoms with E-state index in [9.17, 15) is 0 Å². The third-order valence-electron chi connectivity index (χ3n) is 13.9. The zero-order valence-electron chi connectivity index (χ0n) is 33.5. The van der Waals surface area contributed by atoms with Gasteiger partial charge in [-0.2, -0.15) is 0 Å². The van der Waals surface area contributed by atoms with Crippen molar-refractivity contribution in [2.75, 3.05) is 0 Å². The van der Waals surface area contributed by atoms with Gasteiger partial charge in [-0.05, 0) is 180 Å². The van der Waals surface area contributed by atoms with Crippen LogP contribution in [0.25, 0.3) is 104 Å². The molecule has 1 spiro atoms. The zero-order chi connectivity index (χ0) is 40.4. The molecule has 0 heterocycles. The van der Waals surface area contributed by atoms with Crippen molar-refractivity contribution in [2.24, 2.45) is 0 Å². The third-order valence-corrected chi connectivity index (χ3v) is 13.9. The monoisotopic (exact) mass is 770 g/mol. The lowest BCUT2D eigenvalue weighted by atomic mass is 9.69. The van der Waals surface area contributed by atoms with Gasteiger partial charge in [0.05, 0.1) is 5.41 Å². The molecule has 0 radical (unpaired) electrons. The Balaban J connectivity index is 1.20. The first-order valence-corrected chi connectivity index (χ1v) is 21.2. The summed E-state index contributed by atoms with van der Waals surface area (Å²) in [6.07, 6.45) is 4.12. The minimum absolute atomic E-state index is 0.544. The molecule has 2 aliphatic carbocycles. The predicted molar refractivity (Wildman–Crippen MR) is 261 cm³/mol. The highest BCUT2D eigenvalue weighted by Crippen LogP contribution is 2.63. The molecule has 0 amide bonds.